The SMILES string of the molecule is Cc1ccc(C(=O)Nc2ncc(C)s2)c(C#CCN)c1. The van der Waals surface area contributed by atoms with E-state index < -0.39 is 0 Å². The van der Waals surface area contributed by atoms with Crippen LogP contribution < -0.4 is 11.1 Å². The van der Waals surface area contributed by atoms with Gasteiger partial charge in [0.25, 0.3) is 5.91 Å². The first-order valence-corrected chi connectivity index (χ1v) is 6.95. The fourth-order valence-electron chi connectivity index (χ4n) is 1.68. The quantitative estimate of drug-likeness (QED) is 0.832. The number of hydrogen-bond donors (Lipinski definition) is 2. The lowest BCUT2D eigenvalue weighted by atomic mass is 10.0. The van der Waals surface area contributed by atoms with Crippen molar-refractivity contribution in [2.24, 2.45) is 5.73 Å². The van der Waals surface area contributed by atoms with E-state index in [9.17, 15) is 4.79 Å². The maximum atomic E-state index is 12.3. The van der Waals surface area contributed by atoms with Crippen molar-refractivity contribution >= 4 is 22.4 Å². The number of carbonyl (C=O) groups excluding carboxylic acids is 1. The van der Waals surface area contributed by atoms with Gasteiger partial charge in [-0.15, -0.1) is 11.3 Å². The molecule has 5 heteroatoms. The summed E-state index contributed by atoms with van der Waals surface area (Å²) >= 11 is 1.44. The molecule has 0 spiro atoms. The van der Waals surface area contributed by atoms with Crippen molar-refractivity contribution < 1.29 is 4.79 Å². The Morgan fingerprint density at radius 2 is 2.25 bits per heavy atom. The van der Waals surface area contributed by atoms with Gasteiger partial charge in [-0.3, -0.25) is 10.1 Å². The standard InChI is InChI=1S/C15H15N3OS/c1-10-5-6-13(12(8-10)4-3-7-16)14(19)18-15-17-9-11(2)20-15/h5-6,8-9H,7,16H2,1-2H3,(H,17,18,19). The molecule has 0 fully saturated rings. The minimum atomic E-state index is -0.208. The summed E-state index contributed by atoms with van der Waals surface area (Å²) in [7, 11) is 0. The number of nitrogens with two attached hydrogens (primary N) is 1. The van der Waals surface area contributed by atoms with Gasteiger partial charge >= 0.3 is 0 Å². The zero-order valence-corrected chi connectivity index (χ0v) is 12.2. The van der Waals surface area contributed by atoms with Gasteiger partial charge in [-0.05, 0) is 31.5 Å². The van der Waals surface area contributed by atoms with Gasteiger partial charge in [0.15, 0.2) is 5.13 Å². The van der Waals surface area contributed by atoms with Gasteiger partial charge in [0.2, 0.25) is 0 Å². The Morgan fingerprint density at radius 1 is 1.45 bits per heavy atom. The molecule has 0 saturated heterocycles. The van der Waals surface area contributed by atoms with Crippen molar-refractivity contribution in [1.29, 1.82) is 0 Å². The van der Waals surface area contributed by atoms with Gasteiger partial charge < -0.3 is 5.73 Å². The van der Waals surface area contributed by atoms with E-state index in [1.165, 1.54) is 11.3 Å². The molecule has 0 radical (unpaired) electrons. The molecular weight excluding hydrogens is 270 g/mol. The summed E-state index contributed by atoms with van der Waals surface area (Å²) in [5, 5.41) is 3.37. The van der Waals surface area contributed by atoms with Crippen LogP contribution in [-0.4, -0.2) is 17.4 Å². The summed E-state index contributed by atoms with van der Waals surface area (Å²) < 4.78 is 0. The smallest absolute Gasteiger partial charge is 0.258 e. The fourth-order valence-corrected chi connectivity index (χ4v) is 2.34. The normalized spacial score (nSPS) is 9.75. The molecule has 2 aromatic rings. The Kier molecular flexibility index (Phi) is 4.51. The number of nitrogens with one attached hydrogen (secondary N) is 1. The third kappa shape index (κ3) is 3.44. The molecule has 2 rings (SSSR count). The Morgan fingerprint density at radius 3 is 2.90 bits per heavy atom. The molecule has 0 atom stereocenters. The maximum absolute atomic E-state index is 12.3. The molecule has 1 aromatic heterocycles. The molecule has 1 aromatic carbocycles. The first-order chi connectivity index (χ1) is 9.60. The number of thiazole rings is 1. The monoisotopic (exact) mass is 285 g/mol. The van der Waals surface area contributed by atoms with Crippen LogP contribution in [0.4, 0.5) is 5.13 Å². The molecule has 0 aliphatic rings. The van der Waals surface area contributed by atoms with Crippen molar-refractivity contribution in [1.82, 2.24) is 4.98 Å². The topological polar surface area (TPSA) is 68.0 Å². The fraction of sp³-hybridized carbons (Fsp3) is 0.200. The predicted octanol–water partition coefficient (Wildman–Crippen LogP) is 2.32. The summed E-state index contributed by atoms with van der Waals surface area (Å²) in [6, 6.07) is 5.53. The number of carbonyl (C=O) groups is 1. The van der Waals surface area contributed by atoms with Gasteiger partial charge in [0, 0.05) is 16.6 Å². The van der Waals surface area contributed by atoms with Crippen molar-refractivity contribution in [3.8, 4) is 11.8 Å². The lowest BCUT2D eigenvalue weighted by Gasteiger charge is -2.05. The molecule has 1 amide bonds. The summed E-state index contributed by atoms with van der Waals surface area (Å²) in [5.41, 5.74) is 7.65. The summed E-state index contributed by atoms with van der Waals surface area (Å²) in [4.78, 5) is 17.4. The summed E-state index contributed by atoms with van der Waals surface area (Å²) in [5.74, 6) is 5.50. The molecule has 1 heterocycles. The van der Waals surface area contributed by atoms with Gasteiger partial charge in [-0.2, -0.15) is 0 Å². The van der Waals surface area contributed by atoms with Crippen LogP contribution in [0.25, 0.3) is 0 Å². The van der Waals surface area contributed by atoms with E-state index in [1.54, 1.807) is 12.3 Å². The molecular formula is C15H15N3OS. The average Bonchev–Trinajstić information content (AvgIpc) is 2.81. The first-order valence-electron chi connectivity index (χ1n) is 6.13. The van der Waals surface area contributed by atoms with Crippen LogP contribution >= 0.6 is 11.3 Å². The largest absolute Gasteiger partial charge is 0.320 e. The summed E-state index contributed by atoms with van der Waals surface area (Å²) in [6.07, 6.45) is 1.73. The molecule has 3 N–H and O–H groups in total. The Hall–Kier alpha value is -2.16. The van der Waals surface area contributed by atoms with Gasteiger partial charge in [-0.25, -0.2) is 4.98 Å². The zero-order valence-electron chi connectivity index (χ0n) is 11.4. The number of aromatic nitrogens is 1. The van der Waals surface area contributed by atoms with E-state index >= 15 is 0 Å². The average molecular weight is 285 g/mol. The highest BCUT2D eigenvalue weighted by Gasteiger charge is 2.12. The minimum Gasteiger partial charge on any atom is -0.320 e. The highest BCUT2D eigenvalue weighted by atomic mass is 32.1. The van der Waals surface area contributed by atoms with Gasteiger partial charge in [0.05, 0.1) is 12.1 Å². The molecule has 0 aliphatic carbocycles. The van der Waals surface area contributed by atoms with Crippen LogP contribution in [0.2, 0.25) is 0 Å². The second-order valence-electron chi connectivity index (χ2n) is 4.29. The van der Waals surface area contributed by atoms with Crippen LogP contribution in [0.15, 0.2) is 24.4 Å². The molecule has 0 saturated carbocycles. The summed E-state index contributed by atoms with van der Waals surface area (Å²) in [6.45, 7) is 4.16. The molecule has 20 heavy (non-hydrogen) atoms. The van der Waals surface area contributed by atoms with Crippen LogP contribution in [0.5, 0.6) is 0 Å². The second kappa shape index (κ2) is 6.33. The van der Waals surface area contributed by atoms with Crippen molar-refractivity contribution in [2.45, 2.75) is 13.8 Å². The van der Waals surface area contributed by atoms with Crippen molar-refractivity contribution in [3.05, 3.63) is 46.0 Å². The van der Waals surface area contributed by atoms with Crippen molar-refractivity contribution in [3.63, 3.8) is 0 Å². The Balaban J connectivity index is 2.29. The minimum absolute atomic E-state index is 0.208. The van der Waals surface area contributed by atoms with E-state index in [-0.39, 0.29) is 12.5 Å². The molecule has 0 bridgehead atoms. The molecule has 0 aliphatic heterocycles. The van der Waals surface area contributed by atoms with Crippen molar-refractivity contribution in [2.75, 3.05) is 11.9 Å². The van der Waals surface area contributed by atoms with Crippen LogP contribution in [0.1, 0.15) is 26.4 Å². The van der Waals surface area contributed by atoms with Crippen LogP contribution in [0.3, 0.4) is 0 Å². The van der Waals surface area contributed by atoms with E-state index in [4.69, 9.17) is 5.73 Å². The third-order valence-corrected chi connectivity index (χ3v) is 3.41. The Bertz CT molecular complexity index is 695. The zero-order chi connectivity index (χ0) is 14.5. The molecule has 102 valence electrons. The molecule has 0 unspecified atom stereocenters. The lowest BCUT2D eigenvalue weighted by Crippen LogP contribution is -2.13. The number of hydrogen-bond acceptors (Lipinski definition) is 4. The predicted molar refractivity (Wildman–Crippen MR) is 81.9 cm³/mol. The van der Waals surface area contributed by atoms with E-state index in [2.05, 4.69) is 22.1 Å². The van der Waals surface area contributed by atoms with Gasteiger partial charge in [-0.1, -0.05) is 17.9 Å². The number of rotatable bonds is 2. The van der Waals surface area contributed by atoms with Gasteiger partial charge in [0.1, 0.15) is 0 Å². The highest BCUT2D eigenvalue weighted by molar-refractivity contribution is 7.15. The Labute approximate surface area is 122 Å². The number of benzene rings is 1. The number of aryl methyl sites for hydroxylation is 2. The number of amides is 1. The van der Waals surface area contributed by atoms with Crippen LogP contribution in [-0.2, 0) is 0 Å². The van der Waals surface area contributed by atoms with Crippen LogP contribution in [0, 0.1) is 25.7 Å². The molecule has 4 nitrogen and oxygen atoms in total. The highest BCUT2D eigenvalue weighted by Crippen LogP contribution is 2.19. The first kappa shape index (κ1) is 14.3. The third-order valence-electron chi connectivity index (χ3n) is 2.59. The number of anilines is 1. The number of nitrogens with zero attached hydrogens (tertiary/aromatic N) is 1. The van der Waals surface area contributed by atoms with E-state index in [0.29, 0.717) is 16.3 Å². The van der Waals surface area contributed by atoms with E-state index in [1.807, 2.05) is 26.0 Å². The second-order valence-corrected chi connectivity index (χ2v) is 5.52. The lowest BCUT2D eigenvalue weighted by molar-refractivity contribution is 0.102. The maximum Gasteiger partial charge on any atom is 0.258 e. The van der Waals surface area contributed by atoms with E-state index in [0.717, 1.165) is 10.4 Å².